The highest BCUT2D eigenvalue weighted by Gasteiger charge is 2.44. The lowest BCUT2D eigenvalue weighted by Gasteiger charge is -2.41. The number of carbonyl (C=O) groups is 2. The number of para-hydroxylation sites is 2. The summed E-state index contributed by atoms with van der Waals surface area (Å²) >= 11 is 0. The van der Waals surface area contributed by atoms with Gasteiger partial charge in [-0.2, -0.15) is 5.10 Å². The minimum absolute atomic E-state index is 0.0912. The number of ether oxygens (including phenoxy) is 1. The van der Waals surface area contributed by atoms with Crippen LogP contribution < -0.4 is 10.2 Å². The number of carbonyl (C=O) groups excluding carboxylic acids is 2. The number of nitrogens with zero attached hydrogens (tertiary/aromatic N) is 6. The fraction of sp³-hybridized carbons (Fsp3) is 0.393. The van der Waals surface area contributed by atoms with Crippen molar-refractivity contribution >= 4 is 34.7 Å². The van der Waals surface area contributed by atoms with E-state index in [0.29, 0.717) is 30.3 Å². The van der Waals surface area contributed by atoms with Crippen LogP contribution >= 0.6 is 0 Å². The smallest absolute Gasteiger partial charge is 0.410 e. The number of aromatic amines is 1. The van der Waals surface area contributed by atoms with Gasteiger partial charge in [0, 0.05) is 32.4 Å². The monoisotopic (exact) mass is 528 g/mol. The lowest BCUT2D eigenvalue weighted by atomic mass is 10.1. The third-order valence-corrected chi connectivity index (χ3v) is 7.17. The van der Waals surface area contributed by atoms with E-state index in [2.05, 4.69) is 30.3 Å². The van der Waals surface area contributed by atoms with Crippen LogP contribution in [0.3, 0.4) is 0 Å². The Morgan fingerprint density at radius 1 is 1.08 bits per heavy atom. The zero-order valence-electron chi connectivity index (χ0n) is 22.5. The molecule has 2 amide bonds. The van der Waals surface area contributed by atoms with Gasteiger partial charge in [-0.3, -0.25) is 14.4 Å². The number of aryl methyl sites for hydroxylation is 1. The fourth-order valence-electron chi connectivity index (χ4n) is 5.42. The SMILES string of the molecule is Cn1nc(NC(=O)c2ccc(N3CC4CCC(C3)N4C(=O)OC(C)(C)C)nc2)cc1-c1nc2ccccc2[nH]1. The van der Waals surface area contributed by atoms with E-state index in [1.807, 2.05) is 63.1 Å². The Hall–Kier alpha value is -4.41. The summed E-state index contributed by atoms with van der Waals surface area (Å²) in [6.07, 6.45) is 3.23. The molecule has 2 aliphatic rings. The number of H-pyrrole nitrogens is 1. The van der Waals surface area contributed by atoms with Gasteiger partial charge in [0.15, 0.2) is 11.6 Å². The number of piperazine rings is 1. The Morgan fingerprint density at radius 2 is 1.82 bits per heavy atom. The number of pyridine rings is 1. The predicted octanol–water partition coefficient (Wildman–Crippen LogP) is 4.20. The summed E-state index contributed by atoms with van der Waals surface area (Å²) in [6.45, 7) is 7.04. The molecule has 3 aromatic heterocycles. The van der Waals surface area contributed by atoms with Crippen LogP contribution in [0.4, 0.5) is 16.4 Å². The van der Waals surface area contributed by atoms with Crippen LogP contribution in [-0.4, -0.2) is 72.4 Å². The maximum atomic E-state index is 13.0. The van der Waals surface area contributed by atoms with Gasteiger partial charge < -0.3 is 19.9 Å². The Labute approximate surface area is 226 Å². The minimum Gasteiger partial charge on any atom is -0.444 e. The molecule has 0 saturated carbocycles. The summed E-state index contributed by atoms with van der Waals surface area (Å²) in [7, 11) is 1.81. The molecule has 6 rings (SSSR count). The largest absolute Gasteiger partial charge is 0.444 e. The Morgan fingerprint density at radius 3 is 2.49 bits per heavy atom. The summed E-state index contributed by atoms with van der Waals surface area (Å²) in [5.41, 5.74) is 2.48. The molecular weight excluding hydrogens is 496 g/mol. The number of aromatic nitrogens is 5. The number of fused-ring (bicyclic) bond motifs is 3. The van der Waals surface area contributed by atoms with E-state index in [9.17, 15) is 9.59 Å². The van der Waals surface area contributed by atoms with Crippen molar-refractivity contribution in [2.24, 2.45) is 7.05 Å². The number of nitrogens with one attached hydrogen (secondary N) is 2. The second-order valence-electron chi connectivity index (χ2n) is 11.2. The van der Waals surface area contributed by atoms with Crippen LogP contribution in [-0.2, 0) is 11.8 Å². The highest BCUT2D eigenvalue weighted by Crippen LogP contribution is 2.33. The van der Waals surface area contributed by atoms with Crippen molar-refractivity contribution in [1.29, 1.82) is 0 Å². The van der Waals surface area contributed by atoms with Crippen molar-refractivity contribution in [1.82, 2.24) is 29.6 Å². The van der Waals surface area contributed by atoms with Gasteiger partial charge >= 0.3 is 6.09 Å². The molecule has 2 unspecified atom stereocenters. The van der Waals surface area contributed by atoms with E-state index >= 15 is 0 Å². The predicted molar refractivity (Wildman–Crippen MR) is 148 cm³/mol. The lowest BCUT2D eigenvalue weighted by molar-refractivity contribution is 0.0122. The maximum absolute atomic E-state index is 13.0. The molecule has 39 heavy (non-hydrogen) atoms. The second-order valence-corrected chi connectivity index (χ2v) is 11.2. The number of anilines is 2. The number of hydrogen-bond acceptors (Lipinski definition) is 7. The zero-order chi connectivity index (χ0) is 27.3. The molecular formula is C28H32N8O3. The van der Waals surface area contributed by atoms with Gasteiger partial charge in [-0.1, -0.05) is 12.1 Å². The molecule has 0 spiro atoms. The summed E-state index contributed by atoms with van der Waals surface area (Å²) in [5.74, 6) is 1.60. The van der Waals surface area contributed by atoms with E-state index in [0.717, 1.165) is 35.4 Å². The lowest BCUT2D eigenvalue weighted by Crippen LogP contribution is -2.57. The molecule has 0 radical (unpaired) electrons. The van der Waals surface area contributed by atoms with Crippen LogP contribution in [0, 0.1) is 0 Å². The standard InChI is InChI=1S/C28H32N8O3/c1-28(2,3)39-27(38)36-18-10-11-19(36)16-35(15-18)24-12-9-17(14-29-24)26(37)32-23-13-22(34(4)33-23)25-30-20-7-5-6-8-21(20)31-25/h5-9,12-14,18-19H,10-11,15-16H2,1-4H3,(H,30,31)(H,32,33,37). The molecule has 2 fully saturated rings. The number of amides is 2. The van der Waals surface area contributed by atoms with E-state index in [1.54, 1.807) is 23.0 Å². The van der Waals surface area contributed by atoms with Gasteiger partial charge in [0.2, 0.25) is 0 Å². The molecule has 202 valence electrons. The quantitative estimate of drug-likeness (QED) is 0.407. The molecule has 2 N–H and O–H groups in total. The Bertz CT molecular complexity index is 1490. The van der Waals surface area contributed by atoms with E-state index in [1.165, 1.54) is 0 Å². The van der Waals surface area contributed by atoms with Gasteiger partial charge in [-0.05, 0) is 57.9 Å². The number of hydrogen-bond donors (Lipinski definition) is 2. The molecule has 2 atom stereocenters. The molecule has 1 aromatic carbocycles. The number of benzene rings is 1. The van der Waals surface area contributed by atoms with Crippen LogP contribution in [0.1, 0.15) is 44.0 Å². The maximum Gasteiger partial charge on any atom is 0.410 e. The Balaban J connectivity index is 1.11. The average molecular weight is 529 g/mol. The molecule has 11 nitrogen and oxygen atoms in total. The van der Waals surface area contributed by atoms with Gasteiger partial charge in [0.05, 0.1) is 28.7 Å². The third kappa shape index (κ3) is 4.91. The zero-order valence-corrected chi connectivity index (χ0v) is 22.5. The van der Waals surface area contributed by atoms with Crippen LogP contribution in [0.15, 0.2) is 48.7 Å². The van der Waals surface area contributed by atoms with Crippen molar-refractivity contribution in [2.75, 3.05) is 23.3 Å². The van der Waals surface area contributed by atoms with Gasteiger partial charge in [0.25, 0.3) is 5.91 Å². The van der Waals surface area contributed by atoms with Crippen molar-refractivity contribution in [3.8, 4) is 11.5 Å². The van der Waals surface area contributed by atoms with Gasteiger partial charge in [-0.25, -0.2) is 14.8 Å². The van der Waals surface area contributed by atoms with E-state index in [4.69, 9.17) is 4.74 Å². The molecule has 2 aliphatic heterocycles. The first-order valence-electron chi connectivity index (χ1n) is 13.2. The van der Waals surface area contributed by atoms with Crippen LogP contribution in [0.25, 0.3) is 22.6 Å². The van der Waals surface area contributed by atoms with Gasteiger partial charge in [-0.15, -0.1) is 0 Å². The molecule has 11 heteroatoms. The van der Waals surface area contributed by atoms with Crippen molar-refractivity contribution < 1.29 is 14.3 Å². The molecule has 4 aromatic rings. The van der Waals surface area contributed by atoms with Gasteiger partial charge in [0.1, 0.15) is 17.1 Å². The first kappa shape index (κ1) is 24.9. The molecule has 0 aliphatic carbocycles. The molecule has 2 saturated heterocycles. The average Bonchev–Trinajstić information content (AvgIpc) is 3.55. The summed E-state index contributed by atoms with van der Waals surface area (Å²) in [6, 6.07) is 13.4. The van der Waals surface area contributed by atoms with Crippen molar-refractivity contribution in [3.63, 3.8) is 0 Å². The topological polar surface area (TPSA) is 121 Å². The normalized spacial score (nSPS) is 19.0. The first-order valence-corrected chi connectivity index (χ1v) is 13.2. The van der Waals surface area contributed by atoms with Crippen LogP contribution in [0.2, 0.25) is 0 Å². The first-order chi connectivity index (χ1) is 18.6. The number of imidazole rings is 1. The highest BCUT2D eigenvalue weighted by atomic mass is 16.6. The minimum atomic E-state index is -0.518. The van der Waals surface area contributed by atoms with Crippen LogP contribution in [0.5, 0.6) is 0 Å². The second kappa shape index (κ2) is 9.40. The summed E-state index contributed by atoms with van der Waals surface area (Å²) < 4.78 is 7.31. The van der Waals surface area contributed by atoms with E-state index < -0.39 is 5.60 Å². The fourth-order valence-corrected chi connectivity index (χ4v) is 5.42. The van der Waals surface area contributed by atoms with Crippen molar-refractivity contribution in [2.45, 2.75) is 51.3 Å². The van der Waals surface area contributed by atoms with Crippen molar-refractivity contribution in [3.05, 3.63) is 54.2 Å². The summed E-state index contributed by atoms with van der Waals surface area (Å²) in [4.78, 5) is 42.3. The number of rotatable bonds is 4. The Kier molecular flexibility index (Phi) is 6.00. The molecule has 5 heterocycles. The van der Waals surface area contributed by atoms with E-state index in [-0.39, 0.29) is 24.1 Å². The third-order valence-electron chi connectivity index (χ3n) is 7.17. The molecule has 2 bridgehead atoms. The highest BCUT2D eigenvalue weighted by molar-refractivity contribution is 6.03. The summed E-state index contributed by atoms with van der Waals surface area (Å²) in [5, 5.41) is 7.29.